The molecule has 0 bridgehead atoms. The Hall–Kier alpha value is -2.53. The van der Waals surface area contributed by atoms with Crippen LogP contribution in [0.3, 0.4) is 0 Å². The van der Waals surface area contributed by atoms with E-state index in [0.717, 1.165) is 5.56 Å². The average molecular weight is 333 g/mol. The number of rotatable bonds is 5. The van der Waals surface area contributed by atoms with Crippen molar-refractivity contribution in [1.29, 1.82) is 0 Å². The highest BCUT2D eigenvalue weighted by atomic mass is 35.5. The number of hydrogen-bond donors (Lipinski definition) is 3. The first-order valence-corrected chi connectivity index (χ1v) is 7.44. The van der Waals surface area contributed by atoms with Gasteiger partial charge < -0.3 is 15.7 Å². The van der Waals surface area contributed by atoms with Crippen LogP contribution in [0, 0.1) is 0 Å². The van der Waals surface area contributed by atoms with Crippen LogP contribution in [0.25, 0.3) is 0 Å². The van der Waals surface area contributed by atoms with E-state index in [0.29, 0.717) is 5.02 Å². The molecule has 2 aromatic carbocycles. The quantitative estimate of drug-likeness (QED) is 0.735. The number of carbonyl (C=O) groups is 2. The Balaban J connectivity index is 2.11. The minimum atomic E-state index is -0.449. The normalized spacial score (nSPS) is 11.6. The van der Waals surface area contributed by atoms with Crippen molar-refractivity contribution >= 4 is 29.1 Å². The first-order chi connectivity index (χ1) is 11.0. The molecule has 0 fully saturated rings. The fourth-order valence-electron chi connectivity index (χ4n) is 2.18. The second-order valence-corrected chi connectivity index (χ2v) is 5.51. The average Bonchev–Trinajstić information content (AvgIpc) is 2.51. The molecule has 0 aliphatic carbocycles. The fourth-order valence-corrected chi connectivity index (χ4v) is 2.35. The maximum atomic E-state index is 12.2. The van der Waals surface area contributed by atoms with Gasteiger partial charge in [-0.05, 0) is 23.8 Å². The van der Waals surface area contributed by atoms with Gasteiger partial charge in [0.1, 0.15) is 5.75 Å². The smallest absolute Gasteiger partial charge is 0.226 e. The molecule has 0 saturated carbocycles. The Labute approximate surface area is 139 Å². The van der Waals surface area contributed by atoms with Gasteiger partial charge in [-0.25, -0.2) is 0 Å². The first kappa shape index (κ1) is 16.8. The SMILES string of the molecule is CC(=O)NC(CC(=O)Nc1cc(Cl)ccc1O)c1ccccc1. The van der Waals surface area contributed by atoms with Gasteiger partial charge in [0, 0.05) is 11.9 Å². The van der Waals surface area contributed by atoms with Gasteiger partial charge >= 0.3 is 0 Å². The van der Waals surface area contributed by atoms with Crippen molar-refractivity contribution in [1.82, 2.24) is 5.32 Å². The van der Waals surface area contributed by atoms with Crippen LogP contribution in [0.4, 0.5) is 5.69 Å². The van der Waals surface area contributed by atoms with Gasteiger partial charge in [0.05, 0.1) is 18.2 Å². The van der Waals surface area contributed by atoms with Crippen molar-refractivity contribution < 1.29 is 14.7 Å². The predicted molar refractivity (Wildman–Crippen MR) is 89.4 cm³/mol. The molecule has 0 saturated heterocycles. The van der Waals surface area contributed by atoms with E-state index >= 15 is 0 Å². The monoisotopic (exact) mass is 332 g/mol. The summed E-state index contributed by atoms with van der Waals surface area (Å²) in [5.41, 5.74) is 1.06. The van der Waals surface area contributed by atoms with E-state index in [2.05, 4.69) is 10.6 Å². The number of halogens is 1. The number of phenolic OH excluding ortho intramolecular Hbond substituents is 1. The molecule has 2 rings (SSSR count). The van der Waals surface area contributed by atoms with Crippen LogP contribution in [0.1, 0.15) is 24.9 Å². The van der Waals surface area contributed by atoms with Crippen LogP contribution in [-0.2, 0) is 9.59 Å². The molecule has 2 aromatic rings. The molecule has 0 heterocycles. The number of amides is 2. The van der Waals surface area contributed by atoms with Gasteiger partial charge in [-0.1, -0.05) is 41.9 Å². The Morgan fingerprint density at radius 1 is 1.17 bits per heavy atom. The van der Waals surface area contributed by atoms with Crippen LogP contribution < -0.4 is 10.6 Å². The second kappa shape index (κ2) is 7.65. The van der Waals surface area contributed by atoms with Crippen LogP contribution in [0.15, 0.2) is 48.5 Å². The number of anilines is 1. The lowest BCUT2D eigenvalue weighted by molar-refractivity contribution is -0.120. The van der Waals surface area contributed by atoms with Gasteiger partial charge in [-0.2, -0.15) is 0 Å². The van der Waals surface area contributed by atoms with E-state index in [1.165, 1.54) is 25.1 Å². The molecule has 5 nitrogen and oxygen atoms in total. The Morgan fingerprint density at radius 3 is 2.52 bits per heavy atom. The van der Waals surface area contributed by atoms with Crippen LogP contribution in [-0.4, -0.2) is 16.9 Å². The Bertz CT molecular complexity index is 704. The highest BCUT2D eigenvalue weighted by molar-refractivity contribution is 6.31. The van der Waals surface area contributed by atoms with Crippen molar-refractivity contribution in [2.45, 2.75) is 19.4 Å². The number of aromatic hydroxyl groups is 1. The zero-order valence-corrected chi connectivity index (χ0v) is 13.3. The van der Waals surface area contributed by atoms with Gasteiger partial charge in [0.25, 0.3) is 0 Å². The van der Waals surface area contributed by atoms with E-state index < -0.39 is 6.04 Å². The third-order valence-electron chi connectivity index (χ3n) is 3.20. The number of phenols is 1. The van der Waals surface area contributed by atoms with Crippen molar-refractivity contribution in [3.63, 3.8) is 0 Å². The summed E-state index contributed by atoms with van der Waals surface area (Å²) in [6.45, 7) is 1.40. The van der Waals surface area contributed by atoms with Crippen LogP contribution in [0.5, 0.6) is 5.75 Å². The summed E-state index contributed by atoms with van der Waals surface area (Å²) >= 11 is 5.85. The third kappa shape index (κ3) is 5.00. The molecule has 0 radical (unpaired) electrons. The van der Waals surface area contributed by atoms with Gasteiger partial charge in [-0.15, -0.1) is 0 Å². The lowest BCUT2D eigenvalue weighted by Crippen LogP contribution is -2.29. The van der Waals surface area contributed by atoms with Crippen molar-refractivity contribution in [2.75, 3.05) is 5.32 Å². The summed E-state index contributed by atoms with van der Waals surface area (Å²) in [5, 5.41) is 15.5. The highest BCUT2D eigenvalue weighted by Gasteiger charge is 2.17. The Morgan fingerprint density at radius 2 is 1.87 bits per heavy atom. The molecule has 0 aliphatic rings. The lowest BCUT2D eigenvalue weighted by atomic mass is 10.0. The summed E-state index contributed by atoms with van der Waals surface area (Å²) in [4.78, 5) is 23.6. The van der Waals surface area contributed by atoms with E-state index in [1.54, 1.807) is 0 Å². The molecule has 0 aromatic heterocycles. The zero-order chi connectivity index (χ0) is 16.8. The molecule has 120 valence electrons. The summed E-state index contributed by atoms with van der Waals surface area (Å²) in [7, 11) is 0. The van der Waals surface area contributed by atoms with Crippen molar-refractivity contribution in [2.24, 2.45) is 0 Å². The van der Waals surface area contributed by atoms with Crippen LogP contribution in [0.2, 0.25) is 5.02 Å². The van der Waals surface area contributed by atoms with Crippen molar-refractivity contribution in [3.8, 4) is 5.75 Å². The minimum absolute atomic E-state index is 0.0372. The molecule has 0 aliphatic heterocycles. The third-order valence-corrected chi connectivity index (χ3v) is 3.44. The fraction of sp³-hybridized carbons (Fsp3) is 0.176. The van der Waals surface area contributed by atoms with Crippen molar-refractivity contribution in [3.05, 3.63) is 59.1 Å². The molecule has 23 heavy (non-hydrogen) atoms. The van der Waals surface area contributed by atoms with E-state index in [4.69, 9.17) is 11.6 Å². The maximum Gasteiger partial charge on any atom is 0.226 e. The lowest BCUT2D eigenvalue weighted by Gasteiger charge is -2.18. The predicted octanol–water partition coefficient (Wildman–Crippen LogP) is 3.25. The summed E-state index contributed by atoms with van der Waals surface area (Å²) in [5.74, 6) is -0.638. The van der Waals surface area contributed by atoms with E-state index in [1.807, 2.05) is 30.3 Å². The molecule has 2 amide bonds. The van der Waals surface area contributed by atoms with Gasteiger partial charge in [0.2, 0.25) is 11.8 Å². The first-order valence-electron chi connectivity index (χ1n) is 7.06. The largest absolute Gasteiger partial charge is 0.506 e. The van der Waals surface area contributed by atoms with Gasteiger partial charge in [-0.3, -0.25) is 9.59 Å². The highest BCUT2D eigenvalue weighted by Crippen LogP contribution is 2.27. The number of hydrogen-bond acceptors (Lipinski definition) is 3. The summed E-state index contributed by atoms with van der Waals surface area (Å²) in [6.07, 6.45) is 0.0372. The number of nitrogens with one attached hydrogen (secondary N) is 2. The van der Waals surface area contributed by atoms with E-state index in [9.17, 15) is 14.7 Å². The summed E-state index contributed by atoms with van der Waals surface area (Å²) in [6, 6.07) is 13.2. The topological polar surface area (TPSA) is 78.4 Å². The molecule has 0 spiro atoms. The van der Waals surface area contributed by atoms with E-state index in [-0.39, 0.29) is 29.7 Å². The molecular formula is C17H17ClN2O3. The molecule has 1 atom stereocenters. The molecular weight excluding hydrogens is 316 g/mol. The van der Waals surface area contributed by atoms with Crippen LogP contribution >= 0.6 is 11.6 Å². The number of carbonyl (C=O) groups excluding carboxylic acids is 2. The zero-order valence-electron chi connectivity index (χ0n) is 12.5. The second-order valence-electron chi connectivity index (χ2n) is 5.08. The minimum Gasteiger partial charge on any atom is -0.506 e. The van der Waals surface area contributed by atoms with Gasteiger partial charge in [0.15, 0.2) is 0 Å². The number of benzene rings is 2. The summed E-state index contributed by atoms with van der Waals surface area (Å²) < 4.78 is 0. The standard InChI is InChI=1S/C17H17ClN2O3/c1-11(21)19-14(12-5-3-2-4-6-12)10-17(23)20-15-9-13(18)7-8-16(15)22/h2-9,14,22H,10H2,1H3,(H,19,21)(H,20,23). The Kier molecular flexibility index (Phi) is 5.60. The molecule has 1 unspecified atom stereocenters. The molecule has 3 N–H and O–H groups in total. The maximum absolute atomic E-state index is 12.2. The molecule has 6 heteroatoms.